The van der Waals surface area contributed by atoms with Crippen molar-refractivity contribution in [1.82, 2.24) is 9.97 Å². The first-order chi connectivity index (χ1) is 14.7. The minimum absolute atomic E-state index is 0.0172. The summed E-state index contributed by atoms with van der Waals surface area (Å²) in [5.41, 5.74) is 0.0397. The highest BCUT2D eigenvalue weighted by molar-refractivity contribution is 7.53. The van der Waals surface area contributed by atoms with Crippen molar-refractivity contribution in [2.24, 2.45) is 0 Å². The van der Waals surface area contributed by atoms with E-state index in [-0.39, 0.29) is 38.5 Å². The van der Waals surface area contributed by atoms with Gasteiger partial charge in [-0.1, -0.05) is 23.7 Å². The van der Waals surface area contributed by atoms with Gasteiger partial charge >= 0.3 is 13.8 Å². The monoisotopic (exact) mass is 483 g/mol. The minimum atomic E-state index is -4.64. The third-order valence-corrected chi connectivity index (χ3v) is 5.98. The minimum Gasteiger partial charge on any atom is -0.382 e. The first kappa shape index (κ1) is 25.5. The molecular formula is C18H22ClF3N3O5P. The predicted molar refractivity (Wildman–Crippen MR) is 109 cm³/mol. The van der Waals surface area contributed by atoms with Crippen LogP contribution in [0.1, 0.15) is 11.1 Å². The fourth-order valence-corrected chi connectivity index (χ4v) is 4.16. The summed E-state index contributed by atoms with van der Waals surface area (Å²) in [4.78, 5) is 7.25. The Morgan fingerprint density at radius 2 is 1.61 bits per heavy atom. The highest BCUT2D eigenvalue weighted by atomic mass is 35.5. The molecule has 1 aromatic carbocycles. The van der Waals surface area contributed by atoms with Crippen LogP contribution in [0.25, 0.3) is 0 Å². The molecule has 31 heavy (non-hydrogen) atoms. The van der Waals surface area contributed by atoms with Crippen molar-refractivity contribution in [2.75, 3.05) is 46.0 Å². The molecule has 0 atom stereocenters. The van der Waals surface area contributed by atoms with Gasteiger partial charge in [0.2, 0.25) is 5.95 Å². The molecule has 1 N–H and O–H groups in total. The largest absolute Gasteiger partial charge is 0.420 e. The first-order valence-electron chi connectivity index (χ1n) is 8.98. The van der Waals surface area contributed by atoms with Gasteiger partial charge < -0.3 is 23.8 Å². The average Bonchev–Trinajstić information content (AvgIpc) is 2.69. The molecule has 1 aromatic heterocycles. The number of hydrogen-bond acceptors (Lipinski definition) is 8. The summed E-state index contributed by atoms with van der Waals surface area (Å²) in [6.07, 6.45) is -4.01. The number of aromatic nitrogens is 2. The fourth-order valence-electron chi connectivity index (χ4n) is 2.31. The van der Waals surface area contributed by atoms with Crippen molar-refractivity contribution >= 4 is 30.8 Å². The highest BCUT2D eigenvalue weighted by Crippen LogP contribution is 2.51. The molecule has 0 radical (unpaired) electrons. The molecule has 0 bridgehead atoms. The third-order valence-electron chi connectivity index (χ3n) is 3.78. The molecular weight excluding hydrogens is 462 g/mol. The molecule has 2 rings (SSSR count). The molecule has 8 nitrogen and oxygen atoms in total. The number of alkyl halides is 3. The molecule has 0 fully saturated rings. The smallest absolute Gasteiger partial charge is 0.382 e. The Morgan fingerprint density at radius 1 is 1.03 bits per heavy atom. The van der Waals surface area contributed by atoms with E-state index in [1.165, 1.54) is 14.2 Å². The molecule has 0 unspecified atom stereocenters. The highest BCUT2D eigenvalue weighted by Gasteiger charge is 2.34. The molecule has 0 aliphatic heterocycles. The molecule has 1 heterocycles. The van der Waals surface area contributed by atoms with Crippen molar-refractivity contribution in [3.05, 3.63) is 46.7 Å². The van der Waals surface area contributed by atoms with Crippen LogP contribution < -0.4 is 5.32 Å². The summed E-state index contributed by atoms with van der Waals surface area (Å²) < 4.78 is 71.8. The maximum atomic E-state index is 13.0. The van der Waals surface area contributed by atoms with E-state index in [1.54, 1.807) is 24.3 Å². The zero-order valence-electron chi connectivity index (χ0n) is 16.8. The lowest BCUT2D eigenvalue weighted by Gasteiger charge is -2.18. The summed E-state index contributed by atoms with van der Waals surface area (Å²) in [6, 6.07) is 6.58. The molecule has 0 amide bonds. The van der Waals surface area contributed by atoms with Gasteiger partial charge in [0.25, 0.3) is 0 Å². The van der Waals surface area contributed by atoms with Crippen LogP contribution in [0, 0.1) is 0 Å². The van der Waals surface area contributed by atoms with Gasteiger partial charge in [0.05, 0.1) is 32.6 Å². The van der Waals surface area contributed by atoms with E-state index in [0.29, 0.717) is 17.4 Å². The van der Waals surface area contributed by atoms with Crippen LogP contribution in [-0.2, 0) is 35.4 Å². The summed E-state index contributed by atoms with van der Waals surface area (Å²) in [7, 11) is -0.441. The lowest BCUT2D eigenvalue weighted by molar-refractivity contribution is -0.137. The molecule has 0 saturated carbocycles. The van der Waals surface area contributed by atoms with Gasteiger partial charge in [0.1, 0.15) is 10.7 Å². The summed E-state index contributed by atoms with van der Waals surface area (Å²) >= 11 is 5.59. The topological polar surface area (TPSA) is 91.8 Å². The molecule has 172 valence electrons. The molecule has 2 aromatic rings. The van der Waals surface area contributed by atoms with Gasteiger partial charge in [0.15, 0.2) is 0 Å². The average molecular weight is 484 g/mol. The third kappa shape index (κ3) is 8.36. The number of nitrogens with one attached hydrogen (secondary N) is 1. The van der Waals surface area contributed by atoms with Crippen molar-refractivity contribution in [1.29, 1.82) is 0 Å². The molecule has 0 aliphatic rings. The zero-order chi connectivity index (χ0) is 22.9. The van der Waals surface area contributed by atoms with Crippen LogP contribution in [-0.4, -0.2) is 50.6 Å². The lowest BCUT2D eigenvalue weighted by Crippen LogP contribution is -2.09. The van der Waals surface area contributed by atoms with Gasteiger partial charge in [-0.2, -0.15) is 13.2 Å². The number of halogens is 4. The van der Waals surface area contributed by atoms with Crippen LogP contribution in [0.4, 0.5) is 24.8 Å². The maximum Gasteiger partial charge on any atom is 0.420 e. The molecule has 0 saturated heterocycles. The number of ether oxygens (including phenoxy) is 2. The van der Waals surface area contributed by atoms with E-state index in [0.717, 1.165) is 0 Å². The van der Waals surface area contributed by atoms with Crippen molar-refractivity contribution in [3.63, 3.8) is 0 Å². The number of anilines is 2. The van der Waals surface area contributed by atoms with Gasteiger partial charge in [-0.15, -0.1) is 0 Å². The molecule has 0 spiro atoms. The van der Waals surface area contributed by atoms with Gasteiger partial charge in [-0.05, 0) is 17.7 Å². The van der Waals surface area contributed by atoms with Gasteiger partial charge in [0, 0.05) is 26.1 Å². The fraction of sp³-hybridized carbons (Fsp3) is 0.444. The predicted octanol–water partition coefficient (Wildman–Crippen LogP) is 4.91. The number of benzene rings is 1. The number of nitrogens with zero attached hydrogens (tertiary/aromatic N) is 2. The second-order valence-electron chi connectivity index (χ2n) is 6.14. The normalized spacial score (nSPS) is 12.2. The number of rotatable bonds is 12. The van der Waals surface area contributed by atoms with E-state index in [9.17, 15) is 17.7 Å². The van der Waals surface area contributed by atoms with E-state index < -0.39 is 24.5 Å². The molecule has 0 aliphatic carbocycles. The Hall–Kier alpha value is -1.75. The van der Waals surface area contributed by atoms with Crippen LogP contribution in [0.15, 0.2) is 30.5 Å². The van der Waals surface area contributed by atoms with Crippen LogP contribution >= 0.6 is 19.2 Å². The summed E-state index contributed by atoms with van der Waals surface area (Å²) in [6.45, 7) is 0.727. The van der Waals surface area contributed by atoms with E-state index >= 15 is 0 Å². The SMILES string of the molecule is COCCOP(=O)(Cc1ccc(Nc2ncc(C(F)(F)F)c(Cl)n2)cc1)OCCOC. The van der Waals surface area contributed by atoms with Gasteiger partial charge in [-0.3, -0.25) is 4.57 Å². The Labute approximate surface area is 182 Å². The number of hydrogen-bond donors (Lipinski definition) is 1. The van der Waals surface area contributed by atoms with Crippen molar-refractivity contribution in [2.45, 2.75) is 12.3 Å². The Morgan fingerprint density at radius 3 is 2.10 bits per heavy atom. The second kappa shape index (κ2) is 11.8. The van der Waals surface area contributed by atoms with E-state index in [4.69, 9.17) is 30.1 Å². The van der Waals surface area contributed by atoms with Crippen LogP contribution in [0.5, 0.6) is 0 Å². The quantitative estimate of drug-likeness (QED) is 0.259. The zero-order valence-corrected chi connectivity index (χ0v) is 18.5. The van der Waals surface area contributed by atoms with Crippen molar-refractivity contribution < 1.29 is 36.3 Å². The second-order valence-corrected chi connectivity index (χ2v) is 8.55. The first-order valence-corrected chi connectivity index (χ1v) is 11.1. The Balaban J connectivity index is 2.05. The van der Waals surface area contributed by atoms with Crippen LogP contribution in [0.2, 0.25) is 5.15 Å². The Bertz CT molecular complexity index is 873. The number of methoxy groups -OCH3 is 2. The van der Waals surface area contributed by atoms with Crippen molar-refractivity contribution in [3.8, 4) is 0 Å². The molecule has 13 heteroatoms. The maximum absolute atomic E-state index is 13.0. The standard InChI is InChI=1S/C18H22ClF3N3O5P/c1-27-7-9-29-31(26,30-10-8-28-2)12-13-3-5-14(6-4-13)24-17-23-11-15(16(19)25-17)18(20,21)22/h3-6,11H,7-10,12H2,1-2H3,(H,23,24,25). The summed E-state index contributed by atoms with van der Waals surface area (Å²) in [5, 5.41) is 2.05. The van der Waals surface area contributed by atoms with Crippen LogP contribution in [0.3, 0.4) is 0 Å². The van der Waals surface area contributed by atoms with Gasteiger partial charge in [-0.25, -0.2) is 9.97 Å². The van der Waals surface area contributed by atoms with E-state index in [2.05, 4.69) is 15.3 Å². The van der Waals surface area contributed by atoms with E-state index in [1.807, 2.05) is 0 Å². The summed E-state index contributed by atoms with van der Waals surface area (Å²) in [5.74, 6) is -0.0952. The lowest BCUT2D eigenvalue weighted by atomic mass is 10.2. The Kier molecular flexibility index (Phi) is 9.67.